The highest BCUT2D eigenvalue weighted by Crippen LogP contribution is 2.37. The molecule has 2 fully saturated rings. The van der Waals surface area contributed by atoms with Gasteiger partial charge in [0.1, 0.15) is 42.3 Å². The Morgan fingerprint density at radius 2 is 2.03 bits per heavy atom. The van der Waals surface area contributed by atoms with Gasteiger partial charge in [-0.2, -0.15) is 4.98 Å². The van der Waals surface area contributed by atoms with Crippen molar-refractivity contribution in [1.29, 1.82) is 0 Å². The van der Waals surface area contributed by atoms with E-state index in [0.29, 0.717) is 41.0 Å². The summed E-state index contributed by atoms with van der Waals surface area (Å²) in [5.41, 5.74) is 1.86. The number of imidazole rings is 1. The Kier molecular flexibility index (Phi) is 4.42. The second-order valence-electron chi connectivity index (χ2n) is 7.74. The lowest BCUT2D eigenvalue weighted by atomic mass is 10.1. The van der Waals surface area contributed by atoms with E-state index in [1.165, 1.54) is 12.1 Å². The molecular formula is C20H18ClFN4O5. The van der Waals surface area contributed by atoms with E-state index in [-0.39, 0.29) is 42.8 Å². The number of rotatable bonds is 4. The number of ether oxygens (including phenoxy) is 4. The van der Waals surface area contributed by atoms with Gasteiger partial charge in [0.2, 0.25) is 0 Å². The molecule has 162 valence electrons. The third-order valence-electron chi connectivity index (χ3n) is 5.72. The van der Waals surface area contributed by atoms with Crippen LogP contribution in [0.15, 0.2) is 24.3 Å². The maximum absolute atomic E-state index is 13.4. The molecule has 11 heteroatoms. The molecular weight excluding hydrogens is 431 g/mol. The molecule has 2 aromatic heterocycles. The number of H-pyrrole nitrogens is 1. The van der Waals surface area contributed by atoms with Crippen LogP contribution in [0.3, 0.4) is 0 Å². The van der Waals surface area contributed by atoms with Gasteiger partial charge in [0, 0.05) is 11.6 Å². The number of fused-ring (bicyclic) bond motifs is 3. The zero-order chi connectivity index (χ0) is 21.1. The summed E-state index contributed by atoms with van der Waals surface area (Å²) in [5.74, 6) is 0.587. The van der Waals surface area contributed by atoms with Crippen LogP contribution in [0.1, 0.15) is 11.6 Å². The molecule has 5 atom stereocenters. The molecule has 3 aliphatic rings. The zero-order valence-electron chi connectivity index (χ0n) is 16.0. The summed E-state index contributed by atoms with van der Waals surface area (Å²) in [6, 6.07) is 6.18. The summed E-state index contributed by atoms with van der Waals surface area (Å²) >= 11 is 6.42. The van der Waals surface area contributed by atoms with Crippen LogP contribution in [0.25, 0.3) is 11.2 Å². The normalized spacial score (nSPS) is 29.1. The van der Waals surface area contributed by atoms with Crippen molar-refractivity contribution in [3.63, 3.8) is 0 Å². The Morgan fingerprint density at radius 1 is 1.16 bits per heavy atom. The van der Waals surface area contributed by atoms with E-state index in [4.69, 9.17) is 30.5 Å². The van der Waals surface area contributed by atoms with Crippen molar-refractivity contribution in [1.82, 2.24) is 15.0 Å². The average molecular weight is 449 g/mol. The zero-order valence-corrected chi connectivity index (χ0v) is 16.8. The maximum Gasteiger partial charge on any atom is 0.296 e. The van der Waals surface area contributed by atoms with Gasteiger partial charge in [-0.1, -0.05) is 17.7 Å². The lowest BCUT2D eigenvalue weighted by molar-refractivity contribution is 0.00706. The monoisotopic (exact) mass is 448 g/mol. The molecule has 1 unspecified atom stereocenters. The number of anilines is 1. The maximum atomic E-state index is 13.4. The van der Waals surface area contributed by atoms with Crippen LogP contribution in [0.4, 0.5) is 10.2 Å². The number of aliphatic hydroxyl groups is 1. The third-order valence-corrected chi connectivity index (χ3v) is 6.01. The van der Waals surface area contributed by atoms with E-state index in [9.17, 15) is 9.50 Å². The molecule has 0 aliphatic carbocycles. The molecule has 3 aromatic rings. The Bertz CT molecular complexity index is 1160. The van der Waals surface area contributed by atoms with Gasteiger partial charge in [0.05, 0.1) is 29.8 Å². The highest BCUT2D eigenvalue weighted by Gasteiger charge is 2.48. The van der Waals surface area contributed by atoms with E-state index in [2.05, 4.69) is 20.3 Å². The van der Waals surface area contributed by atoms with Gasteiger partial charge < -0.3 is 34.4 Å². The Labute approximate surface area is 180 Å². The predicted octanol–water partition coefficient (Wildman–Crippen LogP) is 2.20. The van der Waals surface area contributed by atoms with Crippen LogP contribution >= 0.6 is 11.6 Å². The first kappa shape index (κ1) is 19.1. The number of nitrogens with one attached hydrogen (secondary N) is 2. The lowest BCUT2D eigenvalue weighted by Gasteiger charge is -2.15. The van der Waals surface area contributed by atoms with Crippen molar-refractivity contribution in [2.45, 2.75) is 30.5 Å². The highest BCUT2D eigenvalue weighted by molar-refractivity contribution is 6.33. The molecule has 0 saturated carbocycles. The molecule has 6 rings (SSSR count). The minimum Gasteiger partial charge on any atom is -0.491 e. The quantitative estimate of drug-likeness (QED) is 0.557. The summed E-state index contributed by atoms with van der Waals surface area (Å²) < 4.78 is 36.0. The smallest absolute Gasteiger partial charge is 0.296 e. The molecule has 1 aromatic carbocycles. The molecule has 3 aliphatic heterocycles. The third kappa shape index (κ3) is 3.26. The number of aromatic nitrogens is 3. The molecule has 5 heterocycles. The lowest BCUT2D eigenvalue weighted by Crippen LogP contribution is -2.34. The summed E-state index contributed by atoms with van der Waals surface area (Å²) in [6.45, 7) is 0.855. The van der Waals surface area contributed by atoms with Crippen LogP contribution in [-0.2, 0) is 9.47 Å². The Morgan fingerprint density at radius 3 is 2.94 bits per heavy atom. The average Bonchev–Trinajstić information content (AvgIpc) is 3.49. The molecule has 2 saturated heterocycles. The topological polar surface area (TPSA) is 111 Å². The summed E-state index contributed by atoms with van der Waals surface area (Å²) in [5, 5.41) is 13.5. The standard InChI is InChI=1S/C20H18ClFN4O5/c21-10-4-11-19(25-18(10)23-12-5-28-14-3-8(22)1-2-9(12)14)26-20(24-11)31-15-7-30-16-13(27)6-29-17(15)16/h1-4,12-13,15-17,27H,5-7H2,(H2,23,24,25,26)/t12?,13-,15-,16-,17-/m1/s1. The first-order valence-electron chi connectivity index (χ1n) is 9.88. The molecule has 0 radical (unpaired) electrons. The van der Waals surface area contributed by atoms with Crippen LogP contribution in [0.5, 0.6) is 11.8 Å². The number of hydrogen-bond acceptors (Lipinski definition) is 8. The summed E-state index contributed by atoms with van der Waals surface area (Å²) in [4.78, 5) is 12.0. The molecule has 0 spiro atoms. The van der Waals surface area contributed by atoms with Gasteiger partial charge in [-0.05, 0) is 12.1 Å². The number of nitrogens with zero attached hydrogens (tertiary/aromatic N) is 2. The molecule has 3 N–H and O–H groups in total. The first-order chi connectivity index (χ1) is 15.0. The molecule has 0 bridgehead atoms. The highest BCUT2D eigenvalue weighted by atomic mass is 35.5. The SMILES string of the molecule is O[C@@H]1CO[C@H]2[C@@H]1OC[C@H]2Oc1nc2nc(NC3COc4cc(F)ccc43)c(Cl)cc2[nH]1. The predicted molar refractivity (Wildman–Crippen MR) is 107 cm³/mol. The minimum atomic E-state index is -0.649. The number of hydrogen-bond donors (Lipinski definition) is 3. The van der Waals surface area contributed by atoms with E-state index in [1.807, 2.05) is 0 Å². The van der Waals surface area contributed by atoms with Crippen molar-refractivity contribution in [2.75, 3.05) is 25.1 Å². The largest absolute Gasteiger partial charge is 0.491 e. The van der Waals surface area contributed by atoms with Crippen LogP contribution in [0.2, 0.25) is 5.02 Å². The number of halogens is 2. The van der Waals surface area contributed by atoms with E-state index >= 15 is 0 Å². The van der Waals surface area contributed by atoms with E-state index in [0.717, 1.165) is 5.56 Å². The van der Waals surface area contributed by atoms with Crippen LogP contribution < -0.4 is 14.8 Å². The fraction of sp³-hybridized carbons (Fsp3) is 0.400. The van der Waals surface area contributed by atoms with Crippen LogP contribution in [-0.4, -0.2) is 64.3 Å². The Balaban J connectivity index is 1.22. The second kappa shape index (κ2) is 7.20. The van der Waals surface area contributed by atoms with Gasteiger partial charge in [-0.15, -0.1) is 0 Å². The van der Waals surface area contributed by atoms with Crippen molar-refractivity contribution >= 4 is 28.6 Å². The molecule has 9 nitrogen and oxygen atoms in total. The van der Waals surface area contributed by atoms with Gasteiger partial charge in [0.25, 0.3) is 6.01 Å². The van der Waals surface area contributed by atoms with E-state index in [1.54, 1.807) is 12.1 Å². The van der Waals surface area contributed by atoms with E-state index < -0.39 is 6.10 Å². The second-order valence-corrected chi connectivity index (χ2v) is 8.15. The summed E-state index contributed by atoms with van der Waals surface area (Å²) in [7, 11) is 0. The number of aromatic amines is 1. The summed E-state index contributed by atoms with van der Waals surface area (Å²) in [6.07, 6.45) is -1.76. The van der Waals surface area contributed by atoms with Crippen molar-refractivity contribution < 1.29 is 28.4 Å². The number of aliphatic hydroxyl groups excluding tert-OH is 1. The fourth-order valence-electron chi connectivity index (χ4n) is 4.21. The molecule has 0 amide bonds. The van der Waals surface area contributed by atoms with Gasteiger partial charge >= 0.3 is 0 Å². The van der Waals surface area contributed by atoms with Crippen molar-refractivity contribution in [3.05, 3.63) is 40.7 Å². The minimum absolute atomic E-state index is 0.216. The first-order valence-corrected chi connectivity index (χ1v) is 10.3. The van der Waals surface area contributed by atoms with Crippen molar-refractivity contribution in [3.8, 4) is 11.8 Å². The van der Waals surface area contributed by atoms with Gasteiger partial charge in [-0.3, -0.25) is 0 Å². The van der Waals surface area contributed by atoms with Gasteiger partial charge in [0.15, 0.2) is 11.8 Å². The fourth-order valence-corrected chi connectivity index (χ4v) is 4.42. The van der Waals surface area contributed by atoms with Gasteiger partial charge in [-0.25, -0.2) is 9.37 Å². The number of benzene rings is 1. The Hall–Kier alpha value is -2.66. The van der Waals surface area contributed by atoms with Crippen LogP contribution in [0, 0.1) is 5.82 Å². The number of pyridine rings is 1. The molecule has 31 heavy (non-hydrogen) atoms. The van der Waals surface area contributed by atoms with Crippen molar-refractivity contribution in [2.24, 2.45) is 0 Å².